The molecule has 0 aliphatic carbocycles. The minimum absolute atomic E-state index is 0.0709. The first kappa shape index (κ1) is 17.9. The van der Waals surface area contributed by atoms with Gasteiger partial charge in [-0.2, -0.15) is 0 Å². The van der Waals surface area contributed by atoms with E-state index < -0.39 is 10.0 Å². The van der Waals surface area contributed by atoms with E-state index >= 15 is 0 Å². The van der Waals surface area contributed by atoms with Gasteiger partial charge in [-0.1, -0.05) is 0 Å². The van der Waals surface area contributed by atoms with Crippen LogP contribution in [0.2, 0.25) is 0 Å². The Hall–Kier alpha value is -1.15. The summed E-state index contributed by atoms with van der Waals surface area (Å²) in [6.07, 6.45) is 0.737. The molecular formula is C14H24N2O4S. The zero-order chi connectivity index (χ0) is 15.9. The summed E-state index contributed by atoms with van der Waals surface area (Å²) in [5, 5.41) is 13.9. The van der Waals surface area contributed by atoms with Gasteiger partial charge in [-0.15, -0.1) is 0 Å². The fourth-order valence-electron chi connectivity index (χ4n) is 1.91. The van der Waals surface area contributed by atoms with E-state index in [1.54, 1.807) is 12.1 Å². The van der Waals surface area contributed by atoms with Crippen LogP contribution >= 0.6 is 0 Å². The number of benzene rings is 1. The van der Waals surface area contributed by atoms with Crippen molar-refractivity contribution in [1.82, 2.24) is 4.90 Å². The lowest BCUT2D eigenvalue weighted by atomic mass is 10.3. The molecule has 0 radical (unpaired) electrons. The van der Waals surface area contributed by atoms with Crippen LogP contribution in [0.25, 0.3) is 0 Å². The summed E-state index contributed by atoms with van der Waals surface area (Å²) in [5.74, 6) is 0.605. The van der Waals surface area contributed by atoms with Crippen LogP contribution in [0.4, 0.5) is 0 Å². The Labute approximate surface area is 126 Å². The number of sulfonamides is 1. The SMILES string of the molecule is CC(C)N(CCCO)CCOc1ccc(S(N)(=O)=O)cc1. The van der Waals surface area contributed by atoms with E-state index in [2.05, 4.69) is 18.7 Å². The molecule has 21 heavy (non-hydrogen) atoms. The van der Waals surface area contributed by atoms with E-state index in [1.165, 1.54) is 12.1 Å². The van der Waals surface area contributed by atoms with Crippen LogP contribution in [-0.2, 0) is 10.0 Å². The van der Waals surface area contributed by atoms with Crippen molar-refractivity contribution in [2.24, 2.45) is 5.14 Å². The zero-order valence-electron chi connectivity index (χ0n) is 12.5. The van der Waals surface area contributed by atoms with E-state index in [4.69, 9.17) is 15.0 Å². The van der Waals surface area contributed by atoms with Crippen LogP contribution in [0.5, 0.6) is 5.75 Å². The highest BCUT2D eigenvalue weighted by Crippen LogP contribution is 2.14. The minimum Gasteiger partial charge on any atom is -0.492 e. The third kappa shape index (κ3) is 6.43. The topological polar surface area (TPSA) is 92.9 Å². The molecule has 0 atom stereocenters. The second-order valence-corrected chi connectivity index (χ2v) is 6.63. The van der Waals surface area contributed by atoms with Gasteiger partial charge < -0.3 is 9.84 Å². The van der Waals surface area contributed by atoms with Crippen LogP contribution in [-0.4, -0.2) is 50.8 Å². The number of primary sulfonamides is 1. The number of hydrogen-bond acceptors (Lipinski definition) is 5. The predicted molar refractivity (Wildman–Crippen MR) is 81.7 cm³/mol. The van der Waals surface area contributed by atoms with Gasteiger partial charge in [0, 0.05) is 25.7 Å². The molecule has 0 unspecified atom stereocenters. The van der Waals surface area contributed by atoms with Gasteiger partial charge in [0.1, 0.15) is 12.4 Å². The van der Waals surface area contributed by atoms with Crippen molar-refractivity contribution < 1.29 is 18.3 Å². The van der Waals surface area contributed by atoms with Gasteiger partial charge in [-0.3, -0.25) is 4.90 Å². The van der Waals surface area contributed by atoms with Crippen LogP contribution in [0.15, 0.2) is 29.2 Å². The average Bonchev–Trinajstić information content (AvgIpc) is 2.41. The van der Waals surface area contributed by atoms with Crippen LogP contribution in [0.3, 0.4) is 0 Å². The summed E-state index contributed by atoms with van der Waals surface area (Å²) in [7, 11) is -3.66. The smallest absolute Gasteiger partial charge is 0.238 e. The van der Waals surface area contributed by atoms with Crippen LogP contribution in [0, 0.1) is 0 Å². The summed E-state index contributed by atoms with van der Waals surface area (Å²) in [4.78, 5) is 2.29. The van der Waals surface area contributed by atoms with Gasteiger partial charge >= 0.3 is 0 Å². The summed E-state index contributed by atoms with van der Waals surface area (Å²) < 4.78 is 27.9. The maximum Gasteiger partial charge on any atom is 0.238 e. The number of nitrogens with zero attached hydrogens (tertiary/aromatic N) is 1. The summed E-state index contributed by atoms with van der Waals surface area (Å²) >= 11 is 0. The van der Waals surface area contributed by atoms with E-state index in [1.807, 2.05) is 0 Å². The molecule has 1 aromatic carbocycles. The average molecular weight is 316 g/mol. The Bertz CT molecular complexity index is 514. The van der Waals surface area contributed by atoms with Gasteiger partial charge in [0.05, 0.1) is 4.90 Å². The molecule has 0 saturated heterocycles. The minimum atomic E-state index is -3.66. The Morgan fingerprint density at radius 2 is 1.86 bits per heavy atom. The molecule has 0 aromatic heterocycles. The number of hydrogen-bond donors (Lipinski definition) is 2. The molecule has 0 amide bonds. The lowest BCUT2D eigenvalue weighted by molar-refractivity contribution is 0.160. The molecular weight excluding hydrogens is 292 g/mol. The first-order valence-corrected chi connectivity index (χ1v) is 8.50. The molecule has 0 aliphatic rings. The van der Waals surface area contributed by atoms with Gasteiger partial charge in [0.2, 0.25) is 10.0 Å². The second-order valence-electron chi connectivity index (χ2n) is 5.07. The maximum absolute atomic E-state index is 11.1. The van der Waals surface area contributed by atoms with Crippen molar-refractivity contribution in [3.05, 3.63) is 24.3 Å². The predicted octanol–water partition coefficient (Wildman–Crippen LogP) is 0.806. The Morgan fingerprint density at radius 3 is 2.33 bits per heavy atom. The maximum atomic E-state index is 11.1. The number of rotatable bonds is 9. The Morgan fingerprint density at radius 1 is 1.24 bits per heavy atom. The first-order valence-electron chi connectivity index (χ1n) is 6.95. The van der Waals surface area contributed by atoms with Crippen molar-refractivity contribution in [3.63, 3.8) is 0 Å². The lowest BCUT2D eigenvalue weighted by Gasteiger charge is -2.26. The standard InChI is InChI=1S/C14H24N2O4S/c1-12(2)16(8-3-10-17)9-11-20-13-4-6-14(7-5-13)21(15,18)19/h4-7,12,17H,3,8-11H2,1-2H3,(H2,15,18,19). The summed E-state index contributed by atoms with van der Waals surface area (Å²) in [6, 6.07) is 6.41. The number of nitrogens with two attached hydrogens (primary N) is 1. The van der Waals surface area contributed by atoms with Crippen molar-refractivity contribution >= 4 is 10.0 Å². The number of aliphatic hydroxyl groups is 1. The zero-order valence-corrected chi connectivity index (χ0v) is 13.3. The number of ether oxygens (including phenoxy) is 1. The fraction of sp³-hybridized carbons (Fsp3) is 0.571. The Kier molecular flexibility index (Phi) is 7.10. The quantitative estimate of drug-likeness (QED) is 0.703. The highest BCUT2D eigenvalue weighted by molar-refractivity contribution is 7.89. The van der Waals surface area contributed by atoms with Crippen LogP contribution in [0.1, 0.15) is 20.3 Å². The highest BCUT2D eigenvalue weighted by Gasteiger charge is 2.10. The van der Waals surface area contributed by atoms with Crippen molar-refractivity contribution in [3.8, 4) is 5.75 Å². The van der Waals surface area contributed by atoms with Crippen molar-refractivity contribution in [2.45, 2.75) is 31.2 Å². The van der Waals surface area contributed by atoms with E-state index in [0.29, 0.717) is 18.4 Å². The molecule has 3 N–H and O–H groups in total. The largest absolute Gasteiger partial charge is 0.492 e. The molecule has 0 bridgehead atoms. The van der Waals surface area contributed by atoms with E-state index in [0.717, 1.165) is 19.5 Å². The Balaban J connectivity index is 2.47. The normalized spacial score (nSPS) is 12.1. The molecule has 0 saturated carbocycles. The fourth-order valence-corrected chi connectivity index (χ4v) is 2.42. The van der Waals surface area contributed by atoms with Gasteiger partial charge in [0.25, 0.3) is 0 Å². The third-order valence-corrected chi connectivity index (χ3v) is 4.06. The van der Waals surface area contributed by atoms with E-state index in [-0.39, 0.29) is 11.5 Å². The summed E-state index contributed by atoms with van der Waals surface area (Å²) in [6.45, 7) is 6.43. The molecule has 0 aliphatic heterocycles. The van der Waals surface area contributed by atoms with Gasteiger partial charge in [-0.05, 0) is 44.5 Å². The molecule has 1 rings (SSSR count). The lowest BCUT2D eigenvalue weighted by Crippen LogP contribution is -2.35. The monoisotopic (exact) mass is 316 g/mol. The second kappa shape index (κ2) is 8.33. The van der Waals surface area contributed by atoms with Crippen molar-refractivity contribution in [2.75, 3.05) is 26.3 Å². The molecule has 0 spiro atoms. The molecule has 120 valence electrons. The molecule has 0 fully saturated rings. The van der Waals surface area contributed by atoms with Gasteiger partial charge in [0.15, 0.2) is 0 Å². The van der Waals surface area contributed by atoms with Gasteiger partial charge in [-0.25, -0.2) is 13.6 Å². The summed E-state index contributed by atoms with van der Waals surface area (Å²) in [5.41, 5.74) is 0. The molecule has 6 nitrogen and oxygen atoms in total. The third-order valence-electron chi connectivity index (χ3n) is 3.13. The molecule has 7 heteroatoms. The van der Waals surface area contributed by atoms with E-state index in [9.17, 15) is 8.42 Å². The van der Waals surface area contributed by atoms with Crippen LogP contribution < -0.4 is 9.88 Å². The highest BCUT2D eigenvalue weighted by atomic mass is 32.2. The first-order chi connectivity index (χ1) is 9.84. The number of aliphatic hydroxyl groups excluding tert-OH is 1. The van der Waals surface area contributed by atoms with Crippen molar-refractivity contribution in [1.29, 1.82) is 0 Å². The molecule has 1 aromatic rings. The molecule has 0 heterocycles.